The summed E-state index contributed by atoms with van der Waals surface area (Å²) in [5, 5.41) is -2.28. The maximum atomic E-state index is 9.43. The molecule has 0 atom stereocenters. The predicted octanol–water partition coefficient (Wildman–Crippen LogP) is -0.707. The smallest absolute Gasteiger partial charge is 0.271 e. The third-order valence-electron chi connectivity index (χ3n) is 0.155. The number of hydrogen-bond donors (Lipinski definition) is 0. The molecule has 0 bridgehead atoms. The van der Waals surface area contributed by atoms with Crippen molar-refractivity contribution < 1.29 is 22.8 Å². The van der Waals surface area contributed by atoms with Crippen molar-refractivity contribution in [2.45, 2.75) is 0 Å². The molecular weight excluding hydrogens is 508 g/mol. The average molecular weight is 508 g/mol. The van der Waals surface area contributed by atoms with Crippen LogP contribution in [0.15, 0.2) is 0 Å². The van der Waals surface area contributed by atoms with Crippen molar-refractivity contribution in [3.63, 3.8) is 0 Å². The van der Waals surface area contributed by atoms with Gasteiger partial charge in [0, 0.05) is 0 Å². The summed E-state index contributed by atoms with van der Waals surface area (Å²) >= 11 is 14.3. The largest absolute Gasteiger partial charge is 0.304 e. The number of hydrogen-bond acceptors (Lipinski definition) is 2. The number of carbonyl (C=O) groups excluding carboxylic acids is 2. The van der Waals surface area contributed by atoms with E-state index in [9.17, 15) is 9.59 Å². The summed E-state index contributed by atoms with van der Waals surface area (Å²) in [5.41, 5.74) is 0. The third-order valence-corrected chi connectivity index (χ3v) is 0.595. The first-order chi connectivity index (χ1) is 4.06. The van der Waals surface area contributed by atoms with Crippen molar-refractivity contribution in [3.05, 3.63) is 0 Å². The second kappa shape index (κ2) is 10.1. The summed E-state index contributed by atoms with van der Waals surface area (Å²) in [7, 11) is 0. The second-order valence-electron chi connectivity index (χ2n) is 0.601. The van der Waals surface area contributed by atoms with Gasteiger partial charge >= 0.3 is 61.0 Å². The molecule has 0 saturated carbocycles. The van der Waals surface area contributed by atoms with Crippen molar-refractivity contribution in [3.8, 4) is 0 Å². The Balaban J connectivity index is 0. The van der Waals surface area contributed by atoms with Gasteiger partial charge in [0.1, 0.15) is 0 Å². The van der Waals surface area contributed by atoms with Crippen LogP contribution in [0.1, 0.15) is 0 Å². The van der Waals surface area contributed by atoms with Crippen LogP contribution >= 0.6 is 60.4 Å². The van der Waals surface area contributed by atoms with E-state index < -0.39 is 10.5 Å². The summed E-state index contributed by atoms with van der Waals surface area (Å²) in [6, 6.07) is 0. The van der Waals surface area contributed by atoms with Gasteiger partial charge in [-0.25, -0.2) is 0 Å². The molecule has 0 unspecified atom stereocenters. The zero-order chi connectivity index (χ0) is 7.86. The Labute approximate surface area is 92.0 Å². The first-order valence-electron chi connectivity index (χ1n) is 1.32. The fourth-order valence-electron chi connectivity index (χ4n) is 0. The van der Waals surface area contributed by atoms with Gasteiger partial charge in [-0.05, 0) is 23.2 Å². The SMILES string of the molecule is I[I-]I.O=C(Cl)C(=O)Cl. The Kier molecular flexibility index (Phi) is 15.4. The molecule has 0 saturated heterocycles. The molecule has 0 aromatic carbocycles. The van der Waals surface area contributed by atoms with E-state index in [0.29, 0.717) is 13.3 Å². The monoisotopic (exact) mass is 507 g/mol. The van der Waals surface area contributed by atoms with Gasteiger partial charge in [0.25, 0.3) is 0 Å². The van der Waals surface area contributed by atoms with Crippen LogP contribution in [0.2, 0.25) is 0 Å². The topological polar surface area (TPSA) is 34.1 Å². The van der Waals surface area contributed by atoms with Gasteiger partial charge < -0.3 is 0 Å². The van der Waals surface area contributed by atoms with E-state index in [-0.39, 0.29) is 0 Å². The molecule has 56 valence electrons. The molecule has 0 aromatic heterocycles. The van der Waals surface area contributed by atoms with Gasteiger partial charge in [-0.1, -0.05) is 0 Å². The first kappa shape index (κ1) is 13.7. The van der Waals surface area contributed by atoms with Crippen LogP contribution < -0.4 is 13.3 Å². The molecule has 2 nitrogen and oxygen atoms in total. The Bertz CT molecular complexity index is 94.0. The molecule has 0 amide bonds. The predicted molar refractivity (Wildman–Crippen MR) is 49.8 cm³/mol. The summed E-state index contributed by atoms with van der Waals surface area (Å²) in [4.78, 5) is 18.9. The molecular formula is C2Cl2I3O2-. The van der Waals surface area contributed by atoms with E-state index in [1.807, 2.05) is 0 Å². The van der Waals surface area contributed by atoms with Gasteiger partial charge in [0.05, 0.1) is 0 Å². The molecule has 0 aliphatic heterocycles. The van der Waals surface area contributed by atoms with Crippen molar-refractivity contribution in [2.75, 3.05) is 0 Å². The maximum absolute atomic E-state index is 9.43. The third kappa shape index (κ3) is 17.8. The molecule has 9 heavy (non-hydrogen) atoms. The van der Waals surface area contributed by atoms with Crippen molar-refractivity contribution in [1.82, 2.24) is 0 Å². The quantitative estimate of drug-likeness (QED) is 0.267. The van der Waals surface area contributed by atoms with Crippen molar-refractivity contribution in [2.24, 2.45) is 0 Å². The van der Waals surface area contributed by atoms with Crippen LogP contribution in [0, 0.1) is 0 Å². The van der Waals surface area contributed by atoms with E-state index in [1.54, 1.807) is 0 Å². The van der Waals surface area contributed by atoms with Gasteiger partial charge in [0.15, 0.2) is 0 Å². The molecule has 0 N–H and O–H groups in total. The van der Waals surface area contributed by atoms with E-state index in [2.05, 4.69) is 60.4 Å². The van der Waals surface area contributed by atoms with Crippen LogP contribution in [0.3, 0.4) is 0 Å². The Hall–Kier alpha value is 2.11. The summed E-state index contributed by atoms with van der Waals surface area (Å²) in [6.07, 6.45) is 0. The average Bonchev–Trinajstić information content (AvgIpc) is 1.68. The molecule has 0 aliphatic carbocycles. The summed E-state index contributed by atoms with van der Waals surface area (Å²) in [5.74, 6) is 0. The Morgan fingerprint density at radius 1 is 1.11 bits per heavy atom. The molecule has 7 heteroatoms. The number of carbonyl (C=O) groups is 2. The van der Waals surface area contributed by atoms with E-state index in [4.69, 9.17) is 0 Å². The van der Waals surface area contributed by atoms with Crippen LogP contribution in [-0.2, 0) is 9.59 Å². The second-order valence-corrected chi connectivity index (χ2v) is 17.5. The minimum atomic E-state index is -1.14. The molecule has 0 aromatic rings. The standard InChI is InChI=1S/C2Cl2O2.I3/c3-1(5)2(4)6;1-3-2/q;-1. The first-order valence-corrected chi connectivity index (χ1v) is 14.6. The minimum absolute atomic E-state index is 0.530. The molecule has 0 fully saturated rings. The molecule has 0 radical (unpaired) electrons. The van der Waals surface area contributed by atoms with E-state index in [0.717, 1.165) is 0 Å². The van der Waals surface area contributed by atoms with Crippen molar-refractivity contribution >= 4 is 70.9 Å². The Morgan fingerprint density at radius 2 is 1.22 bits per heavy atom. The zero-order valence-electron chi connectivity index (χ0n) is 3.71. The summed E-state index contributed by atoms with van der Waals surface area (Å²) < 4.78 is 0. The fourth-order valence-corrected chi connectivity index (χ4v) is 0. The molecule has 0 rings (SSSR count). The molecule has 0 spiro atoms. The zero-order valence-corrected chi connectivity index (χ0v) is 11.7. The summed E-state index contributed by atoms with van der Waals surface area (Å²) in [6.45, 7) is 0. The Morgan fingerprint density at radius 3 is 1.22 bits per heavy atom. The van der Waals surface area contributed by atoms with Gasteiger partial charge in [0.2, 0.25) is 0 Å². The minimum Gasteiger partial charge on any atom is -0.271 e. The van der Waals surface area contributed by atoms with Crippen molar-refractivity contribution in [1.29, 1.82) is 0 Å². The molecule has 0 aliphatic rings. The maximum Gasteiger partial charge on any atom is 0.304 e. The van der Waals surface area contributed by atoms with Crippen LogP contribution in [-0.4, -0.2) is 10.5 Å². The van der Waals surface area contributed by atoms with E-state index >= 15 is 0 Å². The van der Waals surface area contributed by atoms with Crippen LogP contribution in [0.4, 0.5) is 0 Å². The van der Waals surface area contributed by atoms with Gasteiger partial charge in [-0.15, -0.1) is 0 Å². The van der Waals surface area contributed by atoms with Gasteiger partial charge in [-0.2, -0.15) is 0 Å². The number of rotatable bonds is 1. The molecule has 0 heterocycles. The van der Waals surface area contributed by atoms with Crippen LogP contribution in [0.5, 0.6) is 0 Å². The van der Waals surface area contributed by atoms with Gasteiger partial charge in [-0.3, -0.25) is 9.59 Å². The number of halogens is 5. The normalized spacial score (nSPS) is 7.56. The fraction of sp³-hybridized carbons (Fsp3) is 0. The van der Waals surface area contributed by atoms with Crippen LogP contribution in [0.25, 0.3) is 0 Å². The van der Waals surface area contributed by atoms with E-state index in [1.165, 1.54) is 0 Å².